The Kier molecular flexibility index (Phi) is 3.70. The van der Waals surface area contributed by atoms with Crippen LogP contribution in [0.4, 0.5) is 0 Å². The predicted octanol–water partition coefficient (Wildman–Crippen LogP) is 2.17. The van der Waals surface area contributed by atoms with E-state index in [-0.39, 0.29) is 11.5 Å². The van der Waals surface area contributed by atoms with E-state index in [9.17, 15) is 9.59 Å². The van der Waals surface area contributed by atoms with E-state index < -0.39 is 5.97 Å². The smallest absolute Gasteiger partial charge is 0.335 e. The van der Waals surface area contributed by atoms with Gasteiger partial charge < -0.3 is 15.2 Å². The molecule has 0 aromatic heterocycles. The van der Waals surface area contributed by atoms with E-state index in [4.69, 9.17) is 9.84 Å². The van der Waals surface area contributed by atoms with Crippen molar-refractivity contribution in [2.24, 2.45) is 11.3 Å². The van der Waals surface area contributed by atoms with Gasteiger partial charge in [-0.25, -0.2) is 4.79 Å². The van der Waals surface area contributed by atoms with Crippen molar-refractivity contribution in [2.45, 2.75) is 20.3 Å². The summed E-state index contributed by atoms with van der Waals surface area (Å²) >= 11 is 0. The van der Waals surface area contributed by atoms with Crippen molar-refractivity contribution in [3.63, 3.8) is 0 Å². The second kappa shape index (κ2) is 5.15. The number of ether oxygens (including phenoxy) is 1. The molecule has 0 heterocycles. The Bertz CT molecular complexity index is 551. The fourth-order valence-corrected chi connectivity index (χ4v) is 2.21. The van der Waals surface area contributed by atoms with Crippen LogP contribution in [0.3, 0.4) is 0 Å². The Labute approximate surface area is 117 Å². The van der Waals surface area contributed by atoms with Crippen LogP contribution in [-0.4, -0.2) is 30.6 Å². The largest absolute Gasteiger partial charge is 0.497 e. The van der Waals surface area contributed by atoms with Crippen molar-refractivity contribution in [1.29, 1.82) is 0 Å². The molecule has 1 atom stereocenters. The maximum atomic E-state index is 12.1. The molecule has 1 aliphatic rings. The van der Waals surface area contributed by atoms with Crippen molar-refractivity contribution in [3.05, 3.63) is 29.3 Å². The minimum absolute atomic E-state index is 0.0428. The number of aromatic carboxylic acids is 1. The van der Waals surface area contributed by atoms with E-state index >= 15 is 0 Å². The van der Waals surface area contributed by atoms with E-state index in [2.05, 4.69) is 19.2 Å². The molecule has 0 unspecified atom stereocenters. The molecule has 1 aromatic carbocycles. The van der Waals surface area contributed by atoms with Gasteiger partial charge in [-0.1, -0.05) is 13.8 Å². The second-order valence-corrected chi connectivity index (χ2v) is 5.85. The first kappa shape index (κ1) is 14.4. The summed E-state index contributed by atoms with van der Waals surface area (Å²) in [6, 6.07) is 4.29. The van der Waals surface area contributed by atoms with Gasteiger partial charge in [0.25, 0.3) is 5.91 Å². The Morgan fingerprint density at radius 1 is 1.35 bits per heavy atom. The molecular formula is C15H19NO4. The molecule has 5 heteroatoms. The molecule has 108 valence electrons. The van der Waals surface area contributed by atoms with Gasteiger partial charge in [0.1, 0.15) is 5.75 Å². The molecule has 2 rings (SSSR count). The number of carboxylic acid groups (broad SMARTS) is 1. The molecule has 0 aliphatic heterocycles. The Morgan fingerprint density at radius 2 is 1.95 bits per heavy atom. The molecule has 5 nitrogen and oxygen atoms in total. The van der Waals surface area contributed by atoms with Gasteiger partial charge in [0.15, 0.2) is 0 Å². The SMILES string of the molecule is COc1cc(C(=O)O)cc(C(=O)NC[C@@H]2CC2(C)C)c1. The van der Waals surface area contributed by atoms with Gasteiger partial charge in [-0.15, -0.1) is 0 Å². The van der Waals surface area contributed by atoms with Crippen LogP contribution in [0, 0.1) is 11.3 Å². The molecular weight excluding hydrogens is 258 g/mol. The number of rotatable bonds is 5. The highest BCUT2D eigenvalue weighted by atomic mass is 16.5. The molecule has 2 N–H and O–H groups in total. The second-order valence-electron chi connectivity index (χ2n) is 5.85. The van der Waals surface area contributed by atoms with Gasteiger partial charge in [-0.05, 0) is 36.0 Å². The first-order chi connectivity index (χ1) is 9.33. The summed E-state index contributed by atoms with van der Waals surface area (Å²) in [5, 5.41) is 11.9. The van der Waals surface area contributed by atoms with Gasteiger partial charge >= 0.3 is 5.97 Å². The molecule has 1 aliphatic carbocycles. The number of carboxylic acids is 1. The number of methoxy groups -OCH3 is 1. The average molecular weight is 277 g/mol. The van der Waals surface area contributed by atoms with E-state index in [1.54, 1.807) is 6.07 Å². The third-order valence-electron chi connectivity index (χ3n) is 3.88. The molecule has 1 amide bonds. The lowest BCUT2D eigenvalue weighted by Gasteiger charge is -2.09. The molecule has 1 fully saturated rings. The highest BCUT2D eigenvalue weighted by molar-refractivity contribution is 5.98. The summed E-state index contributed by atoms with van der Waals surface area (Å²) in [5.74, 6) is -0.492. The van der Waals surface area contributed by atoms with Gasteiger partial charge in [0, 0.05) is 12.1 Å². The molecule has 1 saturated carbocycles. The van der Waals surface area contributed by atoms with Crippen molar-refractivity contribution in [3.8, 4) is 5.75 Å². The monoisotopic (exact) mass is 277 g/mol. The zero-order chi connectivity index (χ0) is 14.9. The zero-order valence-corrected chi connectivity index (χ0v) is 11.9. The normalized spacial score (nSPS) is 19.2. The number of carbonyl (C=O) groups is 2. The van der Waals surface area contributed by atoms with Crippen LogP contribution in [0.5, 0.6) is 5.75 Å². The van der Waals surface area contributed by atoms with Crippen LogP contribution in [0.2, 0.25) is 0 Å². The molecule has 0 radical (unpaired) electrons. The molecule has 0 spiro atoms. The van der Waals surface area contributed by atoms with Crippen LogP contribution in [-0.2, 0) is 0 Å². The third-order valence-corrected chi connectivity index (χ3v) is 3.88. The predicted molar refractivity (Wildman–Crippen MR) is 74.2 cm³/mol. The summed E-state index contributed by atoms with van der Waals surface area (Å²) in [6.45, 7) is 4.95. The van der Waals surface area contributed by atoms with Crippen LogP contribution < -0.4 is 10.1 Å². The summed E-state index contributed by atoms with van der Waals surface area (Å²) in [7, 11) is 1.44. The van der Waals surface area contributed by atoms with Crippen LogP contribution in [0.15, 0.2) is 18.2 Å². The summed E-state index contributed by atoms with van der Waals surface area (Å²) in [5.41, 5.74) is 0.648. The summed E-state index contributed by atoms with van der Waals surface area (Å²) in [6.07, 6.45) is 1.10. The highest BCUT2D eigenvalue weighted by Gasteiger charge is 2.45. The van der Waals surface area contributed by atoms with Gasteiger partial charge in [-0.3, -0.25) is 4.79 Å². The molecule has 0 saturated heterocycles. The van der Waals surface area contributed by atoms with Crippen molar-refractivity contribution < 1.29 is 19.4 Å². The van der Waals surface area contributed by atoms with Crippen molar-refractivity contribution >= 4 is 11.9 Å². The maximum absolute atomic E-state index is 12.1. The van der Waals surface area contributed by atoms with Crippen LogP contribution in [0.1, 0.15) is 41.0 Å². The third kappa shape index (κ3) is 3.10. The Balaban J connectivity index is 2.08. The number of carbonyl (C=O) groups excluding carboxylic acids is 1. The van der Waals surface area contributed by atoms with Crippen LogP contribution in [0.25, 0.3) is 0 Å². The topological polar surface area (TPSA) is 75.6 Å². The van der Waals surface area contributed by atoms with Crippen LogP contribution >= 0.6 is 0 Å². The van der Waals surface area contributed by atoms with Gasteiger partial charge in [0.2, 0.25) is 0 Å². The molecule has 20 heavy (non-hydrogen) atoms. The van der Waals surface area contributed by atoms with E-state index in [0.29, 0.717) is 29.2 Å². The lowest BCUT2D eigenvalue weighted by atomic mass is 10.1. The zero-order valence-electron chi connectivity index (χ0n) is 11.9. The Hall–Kier alpha value is -2.04. The van der Waals surface area contributed by atoms with Crippen molar-refractivity contribution in [2.75, 3.05) is 13.7 Å². The standard InChI is InChI=1S/C15H19NO4/c1-15(2)7-11(15)8-16-13(17)9-4-10(14(18)19)6-12(5-9)20-3/h4-6,11H,7-8H2,1-3H3,(H,16,17)(H,18,19)/t11-/m0/s1. The molecule has 1 aromatic rings. The molecule has 0 bridgehead atoms. The minimum atomic E-state index is -1.08. The quantitative estimate of drug-likeness (QED) is 0.865. The first-order valence-corrected chi connectivity index (χ1v) is 6.54. The van der Waals surface area contributed by atoms with E-state index in [0.717, 1.165) is 6.42 Å². The lowest BCUT2D eigenvalue weighted by molar-refractivity contribution is 0.0696. The average Bonchev–Trinajstić information content (AvgIpc) is 3.02. The van der Waals surface area contributed by atoms with Gasteiger partial charge in [-0.2, -0.15) is 0 Å². The van der Waals surface area contributed by atoms with Gasteiger partial charge in [0.05, 0.1) is 12.7 Å². The van der Waals surface area contributed by atoms with E-state index in [1.165, 1.54) is 19.2 Å². The van der Waals surface area contributed by atoms with E-state index in [1.807, 2.05) is 0 Å². The number of nitrogens with one attached hydrogen (secondary N) is 1. The fraction of sp³-hybridized carbons (Fsp3) is 0.467. The van der Waals surface area contributed by atoms with Crippen molar-refractivity contribution in [1.82, 2.24) is 5.32 Å². The number of amides is 1. The fourth-order valence-electron chi connectivity index (χ4n) is 2.21. The lowest BCUT2D eigenvalue weighted by Crippen LogP contribution is -2.26. The Morgan fingerprint density at radius 3 is 2.45 bits per heavy atom. The summed E-state index contributed by atoms with van der Waals surface area (Å²) in [4.78, 5) is 23.1. The summed E-state index contributed by atoms with van der Waals surface area (Å²) < 4.78 is 5.02. The first-order valence-electron chi connectivity index (χ1n) is 6.54. The number of hydrogen-bond donors (Lipinski definition) is 2. The highest BCUT2D eigenvalue weighted by Crippen LogP contribution is 2.50. The minimum Gasteiger partial charge on any atom is -0.497 e. The maximum Gasteiger partial charge on any atom is 0.335 e. The number of hydrogen-bond acceptors (Lipinski definition) is 3. The number of benzene rings is 1.